The van der Waals surface area contributed by atoms with E-state index in [1.165, 1.54) is 0 Å². The van der Waals surface area contributed by atoms with Crippen molar-refractivity contribution in [2.24, 2.45) is 5.92 Å². The van der Waals surface area contributed by atoms with Gasteiger partial charge in [0.2, 0.25) is 11.9 Å². The largest absolute Gasteiger partial charge is 0.383 e. The molecule has 2 aliphatic heterocycles. The molecule has 0 aliphatic carbocycles. The average molecular weight is 348 g/mol. The van der Waals surface area contributed by atoms with Gasteiger partial charge in [-0.3, -0.25) is 9.69 Å². The molecule has 0 bridgehead atoms. The maximum atomic E-state index is 12.1. The SMILES string of the molecule is COCCN1CC(CN2CCN(c3cc(C)nc(N)n3)CC2)CC1=O. The fraction of sp³-hybridized carbons (Fsp3) is 0.706. The number of aryl methyl sites for hydroxylation is 1. The Balaban J connectivity index is 1.47. The third-order valence-corrected chi connectivity index (χ3v) is 4.93. The molecule has 3 heterocycles. The summed E-state index contributed by atoms with van der Waals surface area (Å²) >= 11 is 0. The normalized spacial score (nSPS) is 22.0. The highest BCUT2D eigenvalue weighted by Gasteiger charge is 2.31. The van der Waals surface area contributed by atoms with Crippen LogP contribution in [0.1, 0.15) is 12.1 Å². The van der Waals surface area contributed by atoms with Crippen LogP contribution in [0.3, 0.4) is 0 Å². The van der Waals surface area contributed by atoms with E-state index >= 15 is 0 Å². The zero-order chi connectivity index (χ0) is 17.8. The number of piperazine rings is 1. The Labute approximate surface area is 148 Å². The summed E-state index contributed by atoms with van der Waals surface area (Å²) in [5.41, 5.74) is 6.65. The third-order valence-electron chi connectivity index (χ3n) is 4.93. The lowest BCUT2D eigenvalue weighted by Crippen LogP contribution is -2.48. The molecule has 25 heavy (non-hydrogen) atoms. The van der Waals surface area contributed by atoms with Gasteiger partial charge in [-0.05, 0) is 12.8 Å². The van der Waals surface area contributed by atoms with E-state index in [4.69, 9.17) is 10.5 Å². The molecule has 2 aliphatic rings. The zero-order valence-electron chi connectivity index (χ0n) is 15.1. The molecule has 1 unspecified atom stereocenters. The Hall–Kier alpha value is -1.93. The third kappa shape index (κ3) is 4.58. The maximum absolute atomic E-state index is 12.1. The average Bonchev–Trinajstić information content (AvgIpc) is 2.92. The summed E-state index contributed by atoms with van der Waals surface area (Å²) in [5, 5.41) is 0. The van der Waals surface area contributed by atoms with Gasteiger partial charge in [0.1, 0.15) is 5.82 Å². The van der Waals surface area contributed by atoms with Crippen molar-refractivity contribution in [1.82, 2.24) is 19.8 Å². The van der Waals surface area contributed by atoms with Crippen LogP contribution in [-0.2, 0) is 9.53 Å². The van der Waals surface area contributed by atoms with Gasteiger partial charge in [-0.15, -0.1) is 0 Å². The molecule has 1 aromatic rings. The van der Waals surface area contributed by atoms with Crippen molar-refractivity contribution in [2.45, 2.75) is 13.3 Å². The molecule has 2 N–H and O–H groups in total. The second-order valence-electron chi connectivity index (χ2n) is 6.92. The number of hydrogen-bond acceptors (Lipinski definition) is 7. The molecule has 0 saturated carbocycles. The van der Waals surface area contributed by atoms with Crippen LogP contribution in [0.15, 0.2) is 6.07 Å². The molecule has 1 aromatic heterocycles. The number of nitrogens with zero attached hydrogens (tertiary/aromatic N) is 5. The van der Waals surface area contributed by atoms with Crippen LogP contribution in [0.4, 0.5) is 11.8 Å². The molecule has 0 spiro atoms. The van der Waals surface area contributed by atoms with Gasteiger partial charge in [0.25, 0.3) is 0 Å². The van der Waals surface area contributed by atoms with Gasteiger partial charge in [-0.25, -0.2) is 4.98 Å². The lowest BCUT2D eigenvalue weighted by molar-refractivity contribution is -0.128. The minimum atomic E-state index is 0.257. The highest BCUT2D eigenvalue weighted by atomic mass is 16.5. The first-order chi connectivity index (χ1) is 12.0. The van der Waals surface area contributed by atoms with Gasteiger partial charge in [0, 0.05) is 71.1 Å². The molecule has 138 valence electrons. The molecule has 0 aromatic carbocycles. The molecule has 1 atom stereocenters. The summed E-state index contributed by atoms with van der Waals surface area (Å²) in [6.45, 7) is 8.88. The Bertz CT molecular complexity index is 583. The fourth-order valence-electron chi connectivity index (χ4n) is 3.65. The topological polar surface area (TPSA) is 87.8 Å². The van der Waals surface area contributed by atoms with E-state index in [-0.39, 0.29) is 5.91 Å². The summed E-state index contributed by atoms with van der Waals surface area (Å²) in [5.74, 6) is 1.92. The van der Waals surface area contributed by atoms with Crippen molar-refractivity contribution in [1.29, 1.82) is 0 Å². The van der Waals surface area contributed by atoms with Crippen molar-refractivity contribution in [3.05, 3.63) is 11.8 Å². The number of ether oxygens (including phenoxy) is 1. The lowest BCUT2D eigenvalue weighted by atomic mass is 10.1. The number of aromatic nitrogens is 2. The van der Waals surface area contributed by atoms with Crippen LogP contribution in [0.5, 0.6) is 0 Å². The van der Waals surface area contributed by atoms with Crippen molar-refractivity contribution in [3.8, 4) is 0 Å². The van der Waals surface area contributed by atoms with Gasteiger partial charge >= 0.3 is 0 Å². The Morgan fingerprint density at radius 1 is 1.28 bits per heavy atom. The summed E-state index contributed by atoms with van der Waals surface area (Å²) < 4.78 is 5.08. The van der Waals surface area contributed by atoms with Crippen LogP contribution >= 0.6 is 0 Å². The molecule has 1 amide bonds. The molecule has 0 radical (unpaired) electrons. The van der Waals surface area contributed by atoms with Crippen LogP contribution in [0, 0.1) is 12.8 Å². The van der Waals surface area contributed by atoms with E-state index in [0.29, 0.717) is 31.4 Å². The molecule has 8 nitrogen and oxygen atoms in total. The standard InChI is InChI=1S/C17H28N6O2/c1-13-9-15(20-17(18)19-13)22-5-3-21(4-6-22)11-14-10-16(24)23(12-14)7-8-25-2/h9,14H,3-8,10-12H2,1-2H3,(H2,18,19,20). The van der Waals surface area contributed by atoms with Gasteiger partial charge < -0.3 is 20.3 Å². The van der Waals surface area contributed by atoms with Crippen LogP contribution < -0.4 is 10.6 Å². The number of likely N-dealkylation sites (tertiary alicyclic amines) is 1. The van der Waals surface area contributed by atoms with E-state index in [9.17, 15) is 4.79 Å². The Morgan fingerprint density at radius 2 is 2.04 bits per heavy atom. The monoisotopic (exact) mass is 348 g/mol. The van der Waals surface area contributed by atoms with Gasteiger partial charge in [0.05, 0.1) is 6.61 Å². The highest BCUT2D eigenvalue weighted by molar-refractivity contribution is 5.78. The second kappa shape index (κ2) is 7.97. The van der Waals surface area contributed by atoms with Crippen LogP contribution in [0.25, 0.3) is 0 Å². The van der Waals surface area contributed by atoms with Crippen molar-refractivity contribution in [2.75, 3.05) is 70.2 Å². The van der Waals surface area contributed by atoms with E-state index in [1.807, 2.05) is 17.9 Å². The van der Waals surface area contributed by atoms with Crippen LogP contribution in [0.2, 0.25) is 0 Å². The number of rotatable bonds is 6. The van der Waals surface area contributed by atoms with Gasteiger partial charge in [-0.1, -0.05) is 0 Å². The number of carbonyl (C=O) groups excluding carboxylic acids is 1. The quantitative estimate of drug-likeness (QED) is 0.773. The van der Waals surface area contributed by atoms with E-state index in [0.717, 1.165) is 50.8 Å². The Kier molecular flexibility index (Phi) is 5.70. The van der Waals surface area contributed by atoms with Crippen molar-refractivity contribution in [3.63, 3.8) is 0 Å². The Morgan fingerprint density at radius 3 is 2.72 bits per heavy atom. The van der Waals surface area contributed by atoms with Crippen molar-refractivity contribution >= 4 is 17.7 Å². The van der Waals surface area contributed by atoms with Crippen LogP contribution in [-0.4, -0.2) is 85.2 Å². The minimum absolute atomic E-state index is 0.257. The number of hydrogen-bond donors (Lipinski definition) is 1. The molecule has 3 rings (SSSR count). The highest BCUT2D eigenvalue weighted by Crippen LogP contribution is 2.21. The molecule has 2 fully saturated rings. The summed E-state index contributed by atoms with van der Waals surface area (Å²) in [4.78, 5) is 27.2. The number of nitrogens with two attached hydrogens (primary N) is 1. The molecule has 8 heteroatoms. The number of nitrogen functional groups attached to an aromatic ring is 1. The van der Waals surface area contributed by atoms with Gasteiger partial charge in [-0.2, -0.15) is 4.98 Å². The minimum Gasteiger partial charge on any atom is -0.383 e. The first kappa shape index (κ1) is 17.9. The molecular formula is C17H28N6O2. The summed E-state index contributed by atoms with van der Waals surface area (Å²) in [6, 6.07) is 1.98. The maximum Gasteiger partial charge on any atom is 0.223 e. The molecular weight excluding hydrogens is 320 g/mol. The summed E-state index contributed by atoms with van der Waals surface area (Å²) in [7, 11) is 1.67. The number of methoxy groups -OCH3 is 1. The van der Waals surface area contributed by atoms with Crippen molar-refractivity contribution < 1.29 is 9.53 Å². The van der Waals surface area contributed by atoms with E-state index in [2.05, 4.69) is 19.8 Å². The zero-order valence-corrected chi connectivity index (χ0v) is 15.1. The predicted octanol–water partition coefficient (Wildman–Crippen LogP) is -0.0159. The number of carbonyl (C=O) groups is 1. The van der Waals surface area contributed by atoms with E-state index < -0.39 is 0 Å². The van der Waals surface area contributed by atoms with E-state index in [1.54, 1.807) is 7.11 Å². The predicted molar refractivity (Wildman–Crippen MR) is 96.4 cm³/mol. The number of anilines is 2. The van der Waals surface area contributed by atoms with Gasteiger partial charge in [0.15, 0.2) is 0 Å². The molecule has 2 saturated heterocycles. The lowest BCUT2D eigenvalue weighted by Gasteiger charge is -2.36. The fourth-order valence-corrected chi connectivity index (χ4v) is 3.65. The number of amides is 1. The smallest absolute Gasteiger partial charge is 0.223 e. The first-order valence-corrected chi connectivity index (χ1v) is 8.90. The summed E-state index contributed by atoms with van der Waals surface area (Å²) in [6.07, 6.45) is 0.658. The first-order valence-electron chi connectivity index (χ1n) is 8.90. The second-order valence-corrected chi connectivity index (χ2v) is 6.92.